The summed E-state index contributed by atoms with van der Waals surface area (Å²) in [6, 6.07) is 7.52. The van der Waals surface area contributed by atoms with Gasteiger partial charge in [0.15, 0.2) is 10.9 Å². The van der Waals surface area contributed by atoms with Gasteiger partial charge in [0.2, 0.25) is 0 Å². The Balaban J connectivity index is 2.01. The Hall–Kier alpha value is -1.59. The first kappa shape index (κ1) is 15.8. The summed E-state index contributed by atoms with van der Waals surface area (Å²) in [6.45, 7) is 8.12. The molecule has 21 heavy (non-hydrogen) atoms. The summed E-state index contributed by atoms with van der Waals surface area (Å²) in [5.41, 5.74) is 1.75. The lowest BCUT2D eigenvalue weighted by Crippen LogP contribution is -2.19. The fourth-order valence-electron chi connectivity index (χ4n) is 1.64. The molecule has 0 aliphatic carbocycles. The second kappa shape index (κ2) is 6.03. The van der Waals surface area contributed by atoms with Gasteiger partial charge in [-0.25, -0.2) is 0 Å². The molecule has 4 nitrogen and oxygen atoms in total. The van der Waals surface area contributed by atoms with Gasteiger partial charge in [-0.1, -0.05) is 43.6 Å². The molecule has 0 atom stereocenters. The number of thiocarbonyl (C=S) groups is 1. The molecular weight excluding hydrogens is 306 g/mol. The summed E-state index contributed by atoms with van der Waals surface area (Å²) in [6.07, 6.45) is 0. The number of aromatic nitrogens is 1. The van der Waals surface area contributed by atoms with Crippen LogP contribution in [0.4, 0.5) is 11.5 Å². The third-order valence-electron chi connectivity index (χ3n) is 2.92. The molecule has 0 saturated heterocycles. The zero-order valence-corrected chi connectivity index (χ0v) is 14.0. The molecule has 2 N–H and O–H groups in total. The van der Waals surface area contributed by atoms with Crippen molar-refractivity contribution in [3.05, 3.63) is 40.6 Å². The average molecular weight is 324 g/mol. The van der Waals surface area contributed by atoms with Crippen LogP contribution in [0.5, 0.6) is 0 Å². The van der Waals surface area contributed by atoms with Crippen molar-refractivity contribution in [1.82, 2.24) is 5.16 Å². The first-order chi connectivity index (χ1) is 9.75. The van der Waals surface area contributed by atoms with Gasteiger partial charge in [-0.05, 0) is 36.8 Å². The maximum atomic E-state index is 6.08. The largest absolute Gasteiger partial charge is 0.359 e. The number of halogens is 1. The van der Waals surface area contributed by atoms with Crippen LogP contribution in [0.2, 0.25) is 5.02 Å². The van der Waals surface area contributed by atoms with Gasteiger partial charge in [-0.15, -0.1) is 0 Å². The van der Waals surface area contributed by atoms with E-state index in [1.54, 1.807) is 0 Å². The molecule has 0 amide bonds. The van der Waals surface area contributed by atoms with Crippen molar-refractivity contribution in [1.29, 1.82) is 0 Å². The molecular formula is C15H18ClN3OS. The van der Waals surface area contributed by atoms with Crippen LogP contribution in [-0.4, -0.2) is 10.3 Å². The van der Waals surface area contributed by atoms with Crippen molar-refractivity contribution in [2.24, 2.45) is 0 Å². The SMILES string of the molecule is Cc1ccc(NC(=S)Nc2cc(C(C)(C)C)on2)cc1Cl. The molecule has 0 aliphatic rings. The Bertz CT molecular complexity index is 661. The van der Waals surface area contributed by atoms with Crippen LogP contribution in [0.1, 0.15) is 32.1 Å². The molecule has 6 heteroatoms. The van der Waals surface area contributed by atoms with Crippen molar-refractivity contribution < 1.29 is 4.52 Å². The van der Waals surface area contributed by atoms with Gasteiger partial charge in [0.25, 0.3) is 0 Å². The second-order valence-corrected chi connectivity index (χ2v) is 6.68. The van der Waals surface area contributed by atoms with Gasteiger partial charge in [0.05, 0.1) is 0 Å². The molecule has 0 unspecified atom stereocenters. The summed E-state index contributed by atoms with van der Waals surface area (Å²) < 4.78 is 5.29. The maximum absolute atomic E-state index is 6.08. The Kier molecular flexibility index (Phi) is 4.54. The molecule has 0 spiro atoms. The zero-order valence-electron chi connectivity index (χ0n) is 12.5. The van der Waals surface area contributed by atoms with Crippen LogP contribution in [0.25, 0.3) is 0 Å². The van der Waals surface area contributed by atoms with E-state index in [2.05, 4.69) is 36.6 Å². The van der Waals surface area contributed by atoms with Crippen LogP contribution >= 0.6 is 23.8 Å². The standard InChI is InChI=1S/C15H18ClN3OS/c1-9-5-6-10(7-11(9)16)17-14(21)18-13-8-12(20-19-13)15(2,3)4/h5-8H,1-4H3,(H2,17,18,19,21). The quantitative estimate of drug-likeness (QED) is 0.781. The average Bonchev–Trinajstić information content (AvgIpc) is 2.82. The summed E-state index contributed by atoms with van der Waals surface area (Å²) in [7, 11) is 0. The Morgan fingerprint density at radius 2 is 1.95 bits per heavy atom. The summed E-state index contributed by atoms with van der Waals surface area (Å²) in [5.74, 6) is 1.38. The molecule has 0 radical (unpaired) electrons. The molecule has 1 aromatic carbocycles. The van der Waals surface area contributed by atoms with Crippen molar-refractivity contribution in [2.45, 2.75) is 33.1 Å². The molecule has 2 rings (SSSR count). The van der Waals surface area contributed by atoms with Crippen LogP contribution in [0, 0.1) is 6.92 Å². The van der Waals surface area contributed by atoms with Gasteiger partial charge in [-0.3, -0.25) is 0 Å². The molecule has 1 aromatic heterocycles. The third-order valence-corrected chi connectivity index (χ3v) is 3.53. The highest BCUT2D eigenvalue weighted by atomic mass is 35.5. The molecule has 0 aliphatic heterocycles. The summed E-state index contributed by atoms with van der Waals surface area (Å²) in [4.78, 5) is 0. The van der Waals surface area contributed by atoms with Gasteiger partial charge in [0.1, 0.15) is 5.76 Å². The van der Waals surface area contributed by atoms with E-state index in [-0.39, 0.29) is 5.41 Å². The predicted molar refractivity (Wildman–Crippen MR) is 91.2 cm³/mol. The molecule has 1 heterocycles. The zero-order chi connectivity index (χ0) is 15.6. The number of aryl methyl sites for hydroxylation is 1. The van der Waals surface area contributed by atoms with E-state index in [0.717, 1.165) is 17.0 Å². The number of nitrogens with one attached hydrogen (secondary N) is 2. The van der Waals surface area contributed by atoms with Gasteiger partial charge in [-0.2, -0.15) is 0 Å². The third kappa shape index (κ3) is 4.19. The van der Waals surface area contributed by atoms with Crippen LogP contribution in [-0.2, 0) is 5.41 Å². The van der Waals surface area contributed by atoms with Crippen LogP contribution in [0.15, 0.2) is 28.8 Å². The first-order valence-corrected chi connectivity index (χ1v) is 7.36. The number of benzene rings is 1. The minimum absolute atomic E-state index is 0.0908. The lowest BCUT2D eigenvalue weighted by molar-refractivity contribution is 0.331. The van der Waals surface area contributed by atoms with Crippen molar-refractivity contribution >= 4 is 40.4 Å². The highest BCUT2D eigenvalue weighted by Crippen LogP contribution is 2.24. The Labute approximate surface area is 134 Å². The van der Waals surface area contributed by atoms with Crippen molar-refractivity contribution in [3.8, 4) is 0 Å². The normalized spacial score (nSPS) is 11.3. The first-order valence-electron chi connectivity index (χ1n) is 6.57. The van der Waals surface area contributed by atoms with Crippen molar-refractivity contribution in [3.63, 3.8) is 0 Å². The lowest BCUT2D eigenvalue weighted by atomic mass is 9.93. The van der Waals surface area contributed by atoms with E-state index >= 15 is 0 Å². The fraction of sp³-hybridized carbons (Fsp3) is 0.333. The number of anilines is 2. The van der Waals surface area contributed by atoms with E-state index in [1.165, 1.54) is 0 Å². The molecule has 0 bridgehead atoms. The molecule has 112 valence electrons. The minimum atomic E-state index is -0.0908. The van der Waals surface area contributed by atoms with E-state index in [9.17, 15) is 0 Å². The van der Waals surface area contributed by atoms with Gasteiger partial charge >= 0.3 is 0 Å². The smallest absolute Gasteiger partial charge is 0.176 e. The summed E-state index contributed by atoms with van der Waals surface area (Å²) >= 11 is 11.3. The van der Waals surface area contributed by atoms with Crippen LogP contribution in [0.3, 0.4) is 0 Å². The fourth-order valence-corrected chi connectivity index (χ4v) is 2.04. The highest BCUT2D eigenvalue weighted by Gasteiger charge is 2.19. The van der Waals surface area contributed by atoms with E-state index in [4.69, 9.17) is 28.3 Å². The topological polar surface area (TPSA) is 50.1 Å². The molecule has 0 saturated carbocycles. The number of rotatable bonds is 2. The number of hydrogen-bond donors (Lipinski definition) is 2. The molecule has 2 aromatic rings. The van der Waals surface area contributed by atoms with E-state index < -0.39 is 0 Å². The lowest BCUT2D eigenvalue weighted by Gasteiger charge is -2.12. The number of hydrogen-bond acceptors (Lipinski definition) is 3. The summed E-state index contributed by atoms with van der Waals surface area (Å²) in [5, 5.41) is 11.1. The Morgan fingerprint density at radius 1 is 1.24 bits per heavy atom. The highest BCUT2D eigenvalue weighted by molar-refractivity contribution is 7.80. The Morgan fingerprint density at radius 3 is 2.52 bits per heavy atom. The van der Waals surface area contributed by atoms with E-state index in [1.807, 2.05) is 31.2 Å². The monoisotopic (exact) mass is 323 g/mol. The van der Waals surface area contributed by atoms with Gasteiger partial charge < -0.3 is 15.2 Å². The van der Waals surface area contributed by atoms with Crippen LogP contribution < -0.4 is 10.6 Å². The predicted octanol–water partition coefficient (Wildman–Crippen LogP) is 4.74. The minimum Gasteiger partial charge on any atom is -0.359 e. The second-order valence-electron chi connectivity index (χ2n) is 5.87. The molecule has 0 fully saturated rings. The maximum Gasteiger partial charge on any atom is 0.176 e. The van der Waals surface area contributed by atoms with Gasteiger partial charge in [0, 0.05) is 22.2 Å². The van der Waals surface area contributed by atoms with Crippen molar-refractivity contribution in [2.75, 3.05) is 10.6 Å². The van der Waals surface area contributed by atoms with E-state index in [0.29, 0.717) is 16.0 Å². The number of nitrogens with zero attached hydrogens (tertiary/aromatic N) is 1.